The van der Waals surface area contributed by atoms with E-state index in [4.69, 9.17) is 0 Å². The number of halogens is 1. The number of barbiturate groups is 1. The summed E-state index contributed by atoms with van der Waals surface area (Å²) in [5, 5.41) is 13.0. The largest absolute Gasteiger partial charge is 0.335 e. The Balaban J connectivity index is 2.03. The molecule has 9 heteroatoms. The lowest BCUT2D eigenvalue weighted by Gasteiger charge is -2.26. The lowest BCUT2D eigenvalue weighted by molar-refractivity contribution is -0.384. The van der Waals surface area contributed by atoms with Crippen LogP contribution in [-0.4, -0.2) is 22.8 Å². The number of amides is 4. The zero-order valence-corrected chi connectivity index (χ0v) is 14.6. The molecule has 0 aromatic heterocycles. The zero-order chi connectivity index (χ0) is 18.8. The van der Waals surface area contributed by atoms with Crippen molar-refractivity contribution in [3.05, 3.63) is 74.3 Å². The van der Waals surface area contributed by atoms with Crippen molar-refractivity contribution >= 4 is 51.2 Å². The molecule has 8 nitrogen and oxygen atoms in total. The molecular weight excluding hydrogens is 406 g/mol. The highest BCUT2D eigenvalue weighted by molar-refractivity contribution is 9.10. The molecule has 26 heavy (non-hydrogen) atoms. The quantitative estimate of drug-likeness (QED) is 0.358. The first-order valence-electron chi connectivity index (χ1n) is 7.28. The number of imide groups is 2. The molecule has 4 amide bonds. The highest BCUT2D eigenvalue weighted by atomic mass is 79.9. The summed E-state index contributed by atoms with van der Waals surface area (Å²) in [7, 11) is 0. The van der Waals surface area contributed by atoms with Gasteiger partial charge in [-0.25, -0.2) is 9.69 Å². The fraction of sp³-hybridized carbons (Fsp3) is 0. The van der Waals surface area contributed by atoms with E-state index < -0.39 is 22.8 Å². The van der Waals surface area contributed by atoms with Crippen LogP contribution in [0.2, 0.25) is 0 Å². The number of urea groups is 1. The number of nitro benzene ring substituents is 1. The summed E-state index contributed by atoms with van der Waals surface area (Å²) in [5.74, 6) is -1.69. The first-order valence-corrected chi connectivity index (χ1v) is 8.07. The smallest absolute Gasteiger partial charge is 0.273 e. The van der Waals surface area contributed by atoms with E-state index in [0.717, 1.165) is 10.5 Å². The van der Waals surface area contributed by atoms with E-state index in [9.17, 15) is 24.5 Å². The van der Waals surface area contributed by atoms with Crippen molar-refractivity contribution in [3.8, 4) is 0 Å². The van der Waals surface area contributed by atoms with Gasteiger partial charge in [-0.2, -0.15) is 0 Å². The maximum atomic E-state index is 12.7. The molecule has 0 unspecified atom stereocenters. The monoisotopic (exact) mass is 415 g/mol. The van der Waals surface area contributed by atoms with Crippen LogP contribution in [-0.2, 0) is 9.59 Å². The third kappa shape index (κ3) is 3.38. The Hall–Kier alpha value is -3.33. The molecule has 1 heterocycles. The van der Waals surface area contributed by atoms with Crippen LogP contribution in [0, 0.1) is 10.1 Å². The minimum Gasteiger partial charge on any atom is -0.273 e. The summed E-state index contributed by atoms with van der Waals surface area (Å²) < 4.78 is 0.752. The average molecular weight is 416 g/mol. The molecule has 1 fully saturated rings. The number of nitro groups is 1. The predicted octanol–water partition coefficient (Wildman–Crippen LogP) is 3.02. The summed E-state index contributed by atoms with van der Waals surface area (Å²) in [4.78, 5) is 47.9. The number of non-ortho nitro benzene ring substituents is 1. The Morgan fingerprint density at radius 3 is 2.50 bits per heavy atom. The third-order valence-electron chi connectivity index (χ3n) is 3.56. The second-order valence-corrected chi connectivity index (χ2v) is 6.21. The van der Waals surface area contributed by atoms with Crippen LogP contribution in [0.4, 0.5) is 16.2 Å². The van der Waals surface area contributed by atoms with E-state index in [2.05, 4.69) is 21.2 Å². The normalized spacial score (nSPS) is 16.0. The van der Waals surface area contributed by atoms with E-state index in [1.807, 2.05) is 0 Å². The number of nitrogens with one attached hydrogen (secondary N) is 1. The van der Waals surface area contributed by atoms with Crippen LogP contribution in [0.5, 0.6) is 0 Å². The minimum absolute atomic E-state index is 0.00524. The van der Waals surface area contributed by atoms with Gasteiger partial charge in [-0.1, -0.05) is 34.1 Å². The number of hydrogen-bond donors (Lipinski definition) is 1. The molecule has 3 rings (SSSR count). The van der Waals surface area contributed by atoms with Crippen LogP contribution >= 0.6 is 15.9 Å². The Morgan fingerprint density at radius 1 is 1.08 bits per heavy atom. The predicted molar refractivity (Wildman–Crippen MR) is 96.2 cm³/mol. The van der Waals surface area contributed by atoms with E-state index in [1.165, 1.54) is 24.3 Å². The van der Waals surface area contributed by atoms with Gasteiger partial charge in [0.25, 0.3) is 17.5 Å². The van der Waals surface area contributed by atoms with Crippen LogP contribution in [0.3, 0.4) is 0 Å². The first kappa shape index (κ1) is 17.5. The van der Waals surface area contributed by atoms with Crippen LogP contribution in [0.25, 0.3) is 6.08 Å². The molecule has 1 aliphatic rings. The molecule has 0 aliphatic carbocycles. The van der Waals surface area contributed by atoms with Crippen LogP contribution < -0.4 is 10.2 Å². The molecule has 0 bridgehead atoms. The summed E-state index contributed by atoms with van der Waals surface area (Å²) in [6, 6.07) is 11.0. The molecule has 0 spiro atoms. The zero-order valence-electron chi connectivity index (χ0n) is 13.0. The van der Waals surface area contributed by atoms with Gasteiger partial charge >= 0.3 is 6.03 Å². The number of nitrogens with zero attached hydrogens (tertiary/aromatic N) is 2. The Bertz CT molecular complexity index is 986. The molecule has 0 atom stereocenters. The average Bonchev–Trinajstić information content (AvgIpc) is 2.59. The van der Waals surface area contributed by atoms with Gasteiger partial charge in [-0.3, -0.25) is 25.0 Å². The van der Waals surface area contributed by atoms with Gasteiger partial charge < -0.3 is 0 Å². The molecular formula is C17H10BrN3O5. The second-order valence-electron chi connectivity index (χ2n) is 5.29. The molecule has 0 radical (unpaired) electrons. The second kappa shape index (κ2) is 6.89. The third-order valence-corrected chi connectivity index (χ3v) is 4.05. The molecule has 2 aromatic carbocycles. The number of benzene rings is 2. The van der Waals surface area contributed by atoms with E-state index in [0.29, 0.717) is 10.5 Å². The molecule has 130 valence electrons. The molecule has 1 saturated heterocycles. The standard InChI is InChI=1S/C17H10BrN3O5/c18-11-4-1-3-10(7-11)8-14-15(22)19-17(24)20(16(14)23)12-5-2-6-13(9-12)21(25)26/h1-9H,(H,19,22,24). The van der Waals surface area contributed by atoms with Gasteiger partial charge in [0.05, 0.1) is 10.6 Å². The number of carbonyl (C=O) groups is 3. The van der Waals surface area contributed by atoms with Crippen molar-refractivity contribution in [1.29, 1.82) is 0 Å². The summed E-state index contributed by atoms with van der Waals surface area (Å²) in [5.41, 5.74) is 0.0345. The van der Waals surface area contributed by atoms with Crippen molar-refractivity contribution in [2.45, 2.75) is 0 Å². The summed E-state index contributed by atoms with van der Waals surface area (Å²) in [6.45, 7) is 0. The minimum atomic E-state index is -0.966. The van der Waals surface area contributed by atoms with E-state index in [1.54, 1.807) is 24.3 Å². The fourth-order valence-electron chi connectivity index (χ4n) is 2.40. The maximum Gasteiger partial charge on any atom is 0.335 e. The van der Waals surface area contributed by atoms with Gasteiger partial charge in [0.15, 0.2) is 0 Å². The number of anilines is 1. The van der Waals surface area contributed by atoms with Crippen molar-refractivity contribution in [2.75, 3.05) is 4.90 Å². The van der Waals surface area contributed by atoms with Gasteiger partial charge in [-0.15, -0.1) is 0 Å². The van der Waals surface area contributed by atoms with Gasteiger partial charge in [0, 0.05) is 16.6 Å². The highest BCUT2D eigenvalue weighted by Crippen LogP contribution is 2.25. The van der Waals surface area contributed by atoms with Crippen LogP contribution in [0.1, 0.15) is 5.56 Å². The Kier molecular flexibility index (Phi) is 4.63. The first-order chi connectivity index (χ1) is 12.4. The van der Waals surface area contributed by atoms with Gasteiger partial charge in [-0.05, 0) is 29.8 Å². The van der Waals surface area contributed by atoms with Crippen molar-refractivity contribution in [2.24, 2.45) is 0 Å². The summed E-state index contributed by atoms with van der Waals surface area (Å²) >= 11 is 3.29. The molecule has 1 aliphatic heterocycles. The molecule has 0 saturated carbocycles. The maximum absolute atomic E-state index is 12.7. The fourth-order valence-corrected chi connectivity index (χ4v) is 2.82. The van der Waals surface area contributed by atoms with Gasteiger partial charge in [0.2, 0.25) is 0 Å². The Labute approximate surface area is 155 Å². The number of rotatable bonds is 3. The van der Waals surface area contributed by atoms with Crippen molar-refractivity contribution < 1.29 is 19.3 Å². The van der Waals surface area contributed by atoms with E-state index >= 15 is 0 Å². The van der Waals surface area contributed by atoms with Crippen molar-refractivity contribution in [1.82, 2.24) is 5.32 Å². The topological polar surface area (TPSA) is 110 Å². The lowest BCUT2D eigenvalue weighted by Crippen LogP contribution is -2.54. The number of carbonyl (C=O) groups excluding carboxylic acids is 3. The highest BCUT2D eigenvalue weighted by Gasteiger charge is 2.37. The lowest BCUT2D eigenvalue weighted by atomic mass is 10.1. The van der Waals surface area contributed by atoms with E-state index in [-0.39, 0.29) is 16.9 Å². The summed E-state index contributed by atoms with van der Waals surface area (Å²) in [6.07, 6.45) is 1.35. The molecule has 1 N–H and O–H groups in total. The molecule has 2 aromatic rings. The number of hydrogen-bond acceptors (Lipinski definition) is 5. The van der Waals surface area contributed by atoms with Gasteiger partial charge in [0.1, 0.15) is 5.57 Å². The van der Waals surface area contributed by atoms with Crippen molar-refractivity contribution in [3.63, 3.8) is 0 Å². The van der Waals surface area contributed by atoms with Crippen LogP contribution in [0.15, 0.2) is 58.6 Å². The Morgan fingerprint density at radius 2 is 1.81 bits per heavy atom. The SMILES string of the molecule is O=C1NC(=O)N(c2cccc([N+](=O)[O-])c2)C(=O)C1=Cc1cccc(Br)c1.